The molecule has 2 aromatic heterocycles. The number of furan rings is 1. The van der Waals surface area contributed by atoms with Crippen molar-refractivity contribution in [2.45, 2.75) is 19.5 Å². The van der Waals surface area contributed by atoms with Gasteiger partial charge >= 0.3 is 6.18 Å². The second kappa shape index (κ2) is 6.64. The van der Waals surface area contributed by atoms with Gasteiger partial charge in [0.25, 0.3) is 0 Å². The predicted octanol–water partition coefficient (Wildman–Crippen LogP) is 3.06. The van der Waals surface area contributed by atoms with Gasteiger partial charge in [-0.1, -0.05) is 6.92 Å². The van der Waals surface area contributed by atoms with Gasteiger partial charge < -0.3 is 4.42 Å². The van der Waals surface area contributed by atoms with Gasteiger partial charge in [0.1, 0.15) is 12.3 Å². The maximum absolute atomic E-state index is 12.2. The van der Waals surface area contributed by atoms with Crippen molar-refractivity contribution in [3.05, 3.63) is 54.0 Å². The van der Waals surface area contributed by atoms with E-state index >= 15 is 0 Å². The minimum atomic E-state index is -4.33. The number of aromatic nitrogens is 1. The molecule has 2 rings (SSSR count). The van der Waals surface area contributed by atoms with Crippen molar-refractivity contribution in [2.75, 3.05) is 6.54 Å². The summed E-state index contributed by atoms with van der Waals surface area (Å²) in [5.41, 5.74) is 0. The van der Waals surface area contributed by atoms with E-state index in [2.05, 4.69) is 4.99 Å². The molecule has 0 aliphatic rings. The zero-order valence-corrected chi connectivity index (χ0v) is 11.9. The topological polar surface area (TPSA) is 47.5 Å². The van der Waals surface area contributed by atoms with Gasteiger partial charge in [0, 0.05) is 24.7 Å². The molecule has 0 fully saturated rings. The average molecular weight is 312 g/mol. The fourth-order valence-corrected chi connectivity index (χ4v) is 1.92. The van der Waals surface area contributed by atoms with E-state index in [-0.39, 0.29) is 17.2 Å². The van der Waals surface area contributed by atoms with Gasteiger partial charge in [-0.05, 0) is 24.3 Å². The summed E-state index contributed by atoms with van der Waals surface area (Å²) in [7, 11) is 0. The third-order valence-corrected chi connectivity index (χ3v) is 3.02. The molecule has 2 aromatic rings. The smallest absolute Gasteiger partial charge is 0.407 e. The van der Waals surface area contributed by atoms with Crippen molar-refractivity contribution < 1.29 is 22.4 Å². The fourth-order valence-electron chi connectivity index (χ4n) is 1.92. The molecule has 0 radical (unpaired) electrons. The van der Waals surface area contributed by atoms with Gasteiger partial charge in [-0.3, -0.25) is 14.4 Å². The molecule has 1 atom stereocenters. The summed E-state index contributed by atoms with van der Waals surface area (Å²) in [6.07, 6.45) is 0.487. The maximum Gasteiger partial charge on any atom is 0.407 e. The molecule has 0 saturated heterocycles. The highest BCUT2D eigenvalue weighted by Crippen LogP contribution is 2.14. The van der Waals surface area contributed by atoms with E-state index in [9.17, 15) is 18.0 Å². The number of alkyl halides is 3. The standard InChI is InChI=1S/C15H15F3N2O2/c1-11(9-13-3-2-8-22-13)14(21)20-6-4-12(5-7-20)19-10-15(16,17)18/h2-8,11H,9-10H2,1H3. The number of nitrogens with zero attached hydrogens (tertiary/aromatic N) is 2. The summed E-state index contributed by atoms with van der Waals surface area (Å²) in [5, 5.41) is 0.181. The Labute approximate surface area is 124 Å². The number of hydrogen-bond donors (Lipinski definition) is 0. The van der Waals surface area contributed by atoms with Gasteiger partial charge in [-0.2, -0.15) is 13.2 Å². The molecule has 0 aliphatic heterocycles. The number of carbonyl (C=O) groups is 1. The Balaban J connectivity index is 2.04. The van der Waals surface area contributed by atoms with Crippen molar-refractivity contribution in [3.63, 3.8) is 0 Å². The Morgan fingerprint density at radius 1 is 1.32 bits per heavy atom. The van der Waals surface area contributed by atoms with Crippen molar-refractivity contribution >= 4 is 5.91 Å². The Hall–Kier alpha value is -2.31. The van der Waals surface area contributed by atoms with Crippen LogP contribution in [-0.4, -0.2) is 23.2 Å². The quantitative estimate of drug-likeness (QED) is 0.871. The van der Waals surface area contributed by atoms with E-state index in [0.29, 0.717) is 12.2 Å². The molecule has 0 bridgehead atoms. The van der Waals surface area contributed by atoms with Crippen LogP contribution in [-0.2, 0) is 6.42 Å². The normalized spacial score (nSPS) is 12.9. The van der Waals surface area contributed by atoms with Crippen LogP contribution in [0, 0.1) is 5.92 Å². The highest BCUT2D eigenvalue weighted by atomic mass is 19.4. The Bertz CT molecular complexity index is 667. The molecule has 0 amide bonds. The zero-order chi connectivity index (χ0) is 16.2. The van der Waals surface area contributed by atoms with Crippen LogP contribution in [0.15, 0.2) is 52.3 Å². The van der Waals surface area contributed by atoms with Crippen LogP contribution in [0.2, 0.25) is 0 Å². The highest BCUT2D eigenvalue weighted by Gasteiger charge is 2.26. The SMILES string of the molecule is CC(Cc1ccco1)C(=O)n1ccc(=NCC(F)(F)F)cc1. The lowest BCUT2D eigenvalue weighted by atomic mass is 10.1. The second-order valence-electron chi connectivity index (χ2n) is 4.92. The Morgan fingerprint density at radius 3 is 2.55 bits per heavy atom. The summed E-state index contributed by atoms with van der Waals surface area (Å²) in [4.78, 5) is 15.6. The lowest BCUT2D eigenvalue weighted by Gasteiger charge is -2.11. The number of rotatable bonds is 4. The molecule has 118 valence electrons. The number of halogens is 3. The van der Waals surface area contributed by atoms with Crippen LogP contribution in [0.5, 0.6) is 0 Å². The van der Waals surface area contributed by atoms with E-state index in [0.717, 1.165) is 0 Å². The summed E-state index contributed by atoms with van der Waals surface area (Å²) in [6.45, 7) is 0.527. The Morgan fingerprint density at radius 2 is 2.00 bits per heavy atom. The van der Waals surface area contributed by atoms with Crippen molar-refractivity contribution in [1.29, 1.82) is 0 Å². The zero-order valence-electron chi connectivity index (χ0n) is 11.9. The van der Waals surface area contributed by atoms with Crippen LogP contribution in [0.25, 0.3) is 0 Å². The molecule has 0 aromatic carbocycles. The van der Waals surface area contributed by atoms with Gasteiger partial charge in [-0.15, -0.1) is 0 Å². The number of carbonyl (C=O) groups excluding carboxylic acids is 1. The first-order chi connectivity index (χ1) is 10.3. The molecule has 0 N–H and O–H groups in total. The van der Waals surface area contributed by atoms with E-state index in [1.54, 1.807) is 19.1 Å². The van der Waals surface area contributed by atoms with E-state index in [1.165, 1.54) is 35.4 Å². The van der Waals surface area contributed by atoms with Crippen LogP contribution in [0.1, 0.15) is 17.5 Å². The molecule has 7 heteroatoms. The largest absolute Gasteiger partial charge is 0.469 e. The van der Waals surface area contributed by atoms with Crippen LogP contribution in [0.3, 0.4) is 0 Å². The molecule has 0 spiro atoms. The second-order valence-corrected chi connectivity index (χ2v) is 4.92. The molecule has 1 unspecified atom stereocenters. The van der Waals surface area contributed by atoms with Gasteiger partial charge in [0.2, 0.25) is 5.91 Å². The lowest BCUT2D eigenvalue weighted by molar-refractivity contribution is -0.118. The third-order valence-electron chi connectivity index (χ3n) is 3.02. The number of pyridine rings is 1. The molecule has 0 aliphatic carbocycles. The summed E-state index contributed by atoms with van der Waals surface area (Å²) < 4.78 is 42.7. The average Bonchev–Trinajstić information content (AvgIpc) is 2.97. The maximum atomic E-state index is 12.2. The monoisotopic (exact) mass is 312 g/mol. The van der Waals surface area contributed by atoms with Gasteiger partial charge in [0.05, 0.1) is 11.6 Å². The predicted molar refractivity (Wildman–Crippen MR) is 73.1 cm³/mol. The highest BCUT2D eigenvalue weighted by molar-refractivity contribution is 5.81. The summed E-state index contributed by atoms with van der Waals surface area (Å²) in [5.74, 6) is 0.228. The first kappa shape index (κ1) is 16.1. The lowest BCUT2D eigenvalue weighted by Crippen LogP contribution is -2.22. The van der Waals surface area contributed by atoms with E-state index in [4.69, 9.17) is 4.42 Å². The van der Waals surface area contributed by atoms with Gasteiger partial charge in [0.15, 0.2) is 0 Å². The molecule has 22 heavy (non-hydrogen) atoms. The van der Waals surface area contributed by atoms with Crippen LogP contribution >= 0.6 is 0 Å². The van der Waals surface area contributed by atoms with Crippen molar-refractivity contribution in [2.24, 2.45) is 10.9 Å². The molecular formula is C15H15F3N2O2. The first-order valence-corrected chi connectivity index (χ1v) is 6.67. The van der Waals surface area contributed by atoms with E-state index < -0.39 is 12.7 Å². The minimum Gasteiger partial charge on any atom is -0.469 e. The van der Waals surface area contributed by atoms with Crippen LogP contribution in [0.4, 0.5) is 13.2 Å². The van der Waals surface area contributed by atoms with Crippen LogP contribution < -0.4 is 5.36 Å². The first-order valence-electron chi connectivity index (χ1n) is 6.67. The third kappa shape index (κ3) is 4.61. The minimum absolute atomic E-state index is 0.168. The molecular weight excluding hydrogens is 297 g/mol. The molecule has 0 saturated carbocycles. The summed E-state index contributed by atoms with van der Waals surface area (Å²) in [6, 6.07) is 6.29. The van der Waals surface area contributed by atoms with Crippen molar-refractivity contribution in [1.82, 2.24) is 4.57 Å². The number of hydrogen-bond acceptors (Lipinski definition) is 3. The van der Waals surface area contributed by atoms with Crippen molar-refractivity contribution in [3.8, 4) is 0 Å². The van der Waals surface area contributed by atoms with Gasteiger partial charge in [-0.25, -0.2) is 0 Å². The fraction of sp³-hybridized carbons (Fsp3) is 0.333. The van der Waals surface area contributed by atoms with E-state index in [1.807, 2.05) is 0 Å². The summed E-state index contributed by atoms with van der Waals surface area (Å²) >= 11 is 0. The Kier molecular flexibility index (Phi) is 4.85. The molecule has 2 heterocycles. The molecule has 4 nitrogen and oxygen atoms in total.